The third kappa shape index (κ3) is 2.08. The largest absolute Gasteiger partial charge is 0.507 e. The molecule has 0 spiro atoms. The molecule has 3 nitrogen and oxygen atoms in total. The minimum Gasteiger partial charge on any atom is -0.507 e. The van der Waals surface area contributed by atoms with Crippen molar-refractivity contribution < 1.29 is 5.11 Å². The molecular weight excluding hydrogens is 164 g/mol. The van der Waals surface area contributed by atoms with Crippen LogP contribution in [0.15, 0.2) is 24.3 Å². The van der Waals surface area contributed by atoms with E-state index in [0.29, 0.717) is 11.1 Å². The maximum absolute atomic E-state index is 9.29. The van der Waals surface area contributed by atoms with E-state index in [1.54, 1.807) is 6.07 Å². The highest BCUT2D eigenvalue weighted by molar-refractivity contribution is 5.60. The molecule has 0 bridgehead atoms. The summed E-state index contributed by atoms with van der Waals surface area (Å²) in [6.07, 6.45) is 2.70. The van der Waals surface area contributed by atoms with E-state index in [-0.39, 0.29) is 5.75 Å². The second-order valence-corrected chi connectivity index (χ2v) is 2.35. The number of hydrogen-bond acceptors (Lipinski definition) is 3. The van der Waals surface area contributed by atoms with Crippen LogP contribution < -0.4 is 0 Å². The molecule has 0 radical (unpaired) electrons. The monoisotopic (exact) mass is 170 g/mol. The number of aromatic hydroxyl groups is 1. The van der Waals surface area contributed by atoms with Gasteiger partial charge in [0.2, 0.25) is 0 Å². The van der Waals surface area contributed by atoms with Crippen LogP contribution in [-0.2, 0) is 0 Å². The van der Waals surface area contributed by atoms with Crippen molar-refractivity contribution in [2.45, 2.75) is 0 Å². The quantitative estimate of drug-likeness (QED) is 0.653. The Hall–Kier alpha value is -2.26. The van der Waals surface area contributed by atoms with Gasteiger partial charge in [0.15, 0.2) is 0 Å². The van der Waals surface area contributed by atoms with E-state index < -0.39 is 0 Å². The highest BCUT2D eigenvalue weighted by atomic mass is 16.3. The van der Waals surface area contributed by atoms with E-state index in [9.17, 15) is 5.11 Å². The Labute approximate surface area is 75.8 Å². The van der Waals surface area contributed by atoms with Gasteiger partial charge in [0.05, 0.1) is 17.7 Å². The summed E-state index contributed by atoms with van der Waals surface area (Å²) in [5.74, 6) is 0.0606. The summed E-state index contributed by atoms with van der Waals surface area (Å²) >= 11 is 0. The molecule has 0 aliphatic carbocycles. The van der Waals surface area contributed by atoms with Gasteiger partial charge in [-0.3, -0.25) is 0 Å². The fourth-order valence-electron chi connectivity index (χ4n) is 0.885. The zero-order valence-corrected chi connectivity index (χ0v) is 6.73. The second-order valence-electron chi connectivity index (χ2n) is 2.35. The van der Waals surface area contributed by atoms with Gasteiger partial charge >= 0.3 is 0 Å². The van der Waals surface area contributed by atoms with Crippen LogP contribution in [0, 0.1) is 22.7 Å². The number of nitriles is 2. The van der Waals surface area contributed by atoms with Crippen molar-refractivity contribution in [3.8, 4) is 17.9 Å². The van der Waals surface area contributed by atoms with Crippen LogP contribution >= 0.6 is 0 Å². The van der Waals surface area contributed by atoms with Gasteiger partial charge in [0, 0.05) is 11.6 Å². The summed E-state index contributed by atoms with van der Waals surface area (Å²) in [5, 5.41) is 26.1. The number of nitrogens with zero attached hydrogens (tertiary/aromatic N) is 2. The molecule has 0 aliphatic rings. The number of hydrogen-bond donors (Lipinski definition) is 1. The lowest BCUT2D eigenvalue weighted by molar-refractivity contribution is 0.474. The third-order valence-corrected chi connectivity index (χ3v) is 1.49. The SMILES string of the molecule is N#CC=Cc1cc(C#N)ccc1O. The van der Waals surface area contributed by atoms with E-state index in [4.69, 9.17) is 10.5 Å². The fourth-order valence-corrected chi connectivity index (χ4v) is 0.885. The van der Waals surface area contributed by atoms with Crippen LogP contribution in [0.3, 0.4) is 0 Å². The van der Waals surface area contributed by atoms with Crippen LogP contribution in [0.2, 0.25) is 0 Å². The van der Waals surface area contributed by atoms with Crippen molar-refractivity contribution in [2.75, 3.05) is 0 Å². The van der Waals surface area contributed by atoms with E-state index >= 15 is 0 Å². The maximum atomic E-state index is 9.29. The molecule has 1 aromatic rings. The van der Waals surface area contributed by atoms with Crippen LogP contribution in [-0.4, -0.2) is 5.11 Å². The Balaban J connectivity index is 3.15. The lowest BCUT2D eigenvalue weighted by Gasteiger charge is -1.97. The lowest BCUT2D eigenvalue weighted by Crippen LogP contribution is -1.78. The Bertz CT molecular complexity index is 422. The van der Waals surface area contributed by atoms with Gasteiger partial charge in [0.1, 0.15) is 5.75 Å². The minimum atomic E-state index is 0.0606. The number of rotatable bonds is 1. The number of phenols is 1. The molecule has 1 aromatic carbocycles. The zero-order valence-electron chi connectivity index (χ0n) is 6.73. The Morgan fingerprint density at radius 3 is 2.69 bits per heavy atom. The van der Waals surface area contributed by atoms with Gasteiger partial charge in [0.25, 0.3) is 0 Å². The summed E-state index contributed by atoms with van der Waals surface area (Å²) < 4.78 is 0. The molecule has 13 heavy (non-hydrogen) atoms. The van der Waals surface area contributed by atoms with Gasteiger partial charge in [-0.25, -0.2) is 0 Å². The molecule has 1 rings (SSSR count). The standard InChI is InChI=1S/C10H6N2O/c11-5-1-2-9-6-8(7-12)3-4-10(9)13/h1-4,6,13H. The summed E-state index contributed by atoms with van der Waals surface area (Å²) in [7, 11) is 0. The molecule has 0 fully saturated rings. The summed E-state index contributed by atoms with van der Waals surface area (Å²) in [6, 6.07) is 8.21. The molecular formula is C10H6N2O. The summed E-state index contributed by atoms with van der Waals surface area (Å²) in [6.45, 7) is 0. The topological polar surface area (TPSA) is 67.8 Å². The van der Waals surface area contributed by atoms with Crippen molar-refractivity contribution in [1.29, 1.82) is 10.5 Å². The summed E-state index contributed by atoms with van der Waals surface area (Å²) in [5.41, 5.74) is 0.927. The van der Waals surface area contributed by atoms with Crippen molar-refractivity contribution in [3.63, 3.8) is 0 Å². The van der Waals surface area contributed by atoms with E-state index in [0.717, 1.165) is 0 Å². The number of benzene rings is 1. The molecule has 0 heterocycles. The molecule has 0 saturated heterocycles. The van der Waals surface area contributed by atoms with Crippen LogP contribution in [0.25, 0.3) is 6.08 Å². The highest BCUT2D eigenvalue weighted by Crippen LogP contribution is 2.19. The molecule has 0 atom stereocenters. The average Bonchev–Trinajstić information content (AvgIpc) is 2.17. The normalized spacial score (nSPS) is 9.38. The smallest absolute Gasteiger partial charge is 0.122 e. The first kappa shape index (κ1) is 8.83. The first-order chi connectivity index (χ1) is 6.27. The van der Waals surface area contributed by atoms with Crippen LogP contribution in [0.5, 0.6) is 5.75 Å². The van der Waals surface area contributed by atoms with Gasteiger partial charge in [-0.15, -0.1) is 0 Å². The maximum Gasteiger partial charge on any atom is 0.122 e. The first-order valence-corrected chi connectivity index (χ1v) is 3.57. The molecule has 0 aliphatic heterocycles. The van der Waals surface area contributed by atoms with Gasteiger partial charge < -0.3 is 5.11 Å². The Kier molecular flexibility index (Phi) is 2.68. The predicted octanol–water partition coefficient (Wildman–Crippen LogP) is 1.80. The van der Waals surface area contributed by atoms with E-state index in [2.05, 4.69) is 0 Å². The summed E-state index contributed by atoms with van der Waals surface area (Å²) in [4.78, 5) is 0. The number of allylic oxidation sites excluding steroid dienone is 1. The highest BCUT2D eigenvalue weighted by Gasteiger charge is 1.98. The average molecular weight is 170 g/mol. The molecule has 0 unspecified atom stereocenters. The van der Waals surface area contributed by atoms with Crippen molar-refractivity contribution in [2.24, 2.45) is 0 Å². The molecule has 1 N–H and O–H groups in total. The Morgan fingerprint density at radius 1 is 1.31 bits per heavy atom. The fraction of sp³-hybridized carbons (Fsp3) is 0. The minimum absolute atomic E-state index is 0.0606. The van der Waals surface area contributed by atoms with Gasteiger partial charge in [-0.2, -0.15) is 10.5 Å². The third-order valence-electron chi connectivity index (χ3n) is 1.49. The molecule has 0 amide bonds. The predicted molar refractivity (Wildman–Crippen MR) is 47.5 cm³/mol. The number of phenolic OH excluding ortho intramolecular Hbond substituents is 1. The van der Waals surface area contributed by atoms with E-state index in [1.165, 1.54) is 30.4 Å². The zero-order chi connectivity index (χ0) is 9.68. The molecule has 62 valence electrons. The van der Waals surface area contributed by atoms with Crippen LogP contribution in [0.4, 0.5) is 0 Å². The van der Waals surface area contributed by atoms with Gasteiger partial charge in [-0.1, -0.05) is 0 Å². The molecule has 0 aromatic heterocycles. The van der Waals surface area contributed by atoms with E-state index in [1.807, 2.05) is 6.07 Å². The first-order valence-electron chi connectivity index (χ1n) is 3.57. The lowest BCUT2D eigenvalue weighted by atomic mass is 10.1. The van der Waals surface area contributed by atoms with Gasteiger partial charge in [-0.05, 0) is 24.3 Å². The van der Waals surface area contributed by atoms with Crippen molar-refractivity contribution in [3.05, 3.63) is 35.4 Å². The van der Waals surface area contributed by atoms with Crippen LogP contribution in [0.1, 0.15) is 11.1 Å². The molecule has 0 saturated carbocycles. The van der Waals surface area contributed by atoms with Crippen molar-refractivity contribution in [1.82, 2.24) is 0 Å². The van der Waals surface area contributed by atoms with Crippen molar-refractivity contribution >= 4 is 6.08 Å². The second kappa shape index (κ2) is 3.94. The Morgan fingerprint density at radius 2 is 2.08 bits per heavy atom. The molecule has 3 heteroatoms.